The van der Waals surface area contributed by atoms with E-state index in [2.05, 4.69) is 27.7 Å². The Hall–Kier alpha value is 0.177. The van der Waals surface area contributed by atoms with Gasteiger partial charge < -0.3 is 5.40 Å². The predicted molar refractivity (Wildman–Crippen MR) is 42.6 cm³/mol. The first-order chi connectivity index (χ1) is 3.55. The lowest BCUT2D eigenvalue weighted by atomic mass is 10.5. The third kappa shape index (κ3) is 2.48. The van der Waals surface area contributed by atoms with Crippen LogP contribution in [0.5, 0.6) is 0 Å². The summed E-state index contributed by atoms with van der Waals surface area (Å²) in [6.45, 7) is 8.88. The van der Waals surface area contributed by atoms with Gasteiger partial charge in [0.05, 0.1) is 0 Å². The molecule has 0 aliphatic heterocycles. The Morgan fingerprint density at radius 2 is 1.38 bits per heavy atom. The Morgan fingerprint density at radius 3 is 1.38 bits per heavy atom. The van der Waals surface area contributed by atoms with E-state index in [4.69, 9.17) is 5.40 Å². The first-order valence-electron chi connectivity index (χ1n) is 3.31. The van der Waals surface area contributed by atoms with Crippen LogP contribution in [0, 0.1) is 0 Å². The van der Waals surface area contributed by atoms with Crippen molar-refractivity contribution in [1.82, 2.24) is 0 Å². The van der Waals surface area contributed by atoms with Crippen molar-refractivity contribution < 1.29 is 1.43 Å². The molecule has 0 aromatic rings. The molecule has 0 aromatic heterocycles. The monoisotopic (exact) mass is 132 g/mol. The van der Waals surface area contributed by atoms with Gasteiger partial charge in [0.1, 0.15) is 8.96 Å². The quantitative estimate of drug-likeness (QED) is 0.567. The molecule has 0 spiro atoms. The molecule has 0 aliphatic rings. The molecule has 0 saturated carbocycles. The van der Waals surface area contributed by atoms with Gasteiger partial charge in [0.2, 0.25) is 0 Å². The third-order valence-electron chi connectivity index (χ3n) is 1.54. The molecule has 0 aliphatic carbocycles. The molecule has 0 aromatic carbocycles. The van der Waals surface area contributed by atoms with Gasteiger partial charge in [-0.05, 0) is 11.1 Å². The van der Waals surface area contributed by atoms with Crippen LogP contribution >= 0.6 is 0 Å². The summed E-state index contributed by atoms with van der Waals surface area (Å²) in [7, 11) is -0.849. The summed E-state index contributed by atoms with van der Waals surface area (Å²) in [6, 6.07) is 0. The van der Waals surface area contributed by atoms with Crippen LogP contribution in [0.25, 0.3) is 0 Å². The van der Waals surface area contributed by atoms with Gasteiger partial charge in [-0.3, -0.25) is 0 Å². The van der Waals surface area contributed by atoms with Crippen LogP contribution < -0.4 is 5.40 Å². The highest BCUT2D eigenvalue weighted by atomic mass is 28.3. The largest absolute Gasteiger partial charge is 1.00 e. The van der Waals surface area contributed by atoms with E-state index in [9.17, 15) is 0 Å². The maximum atomic E-state index is 5.90. The molecule has 0 saturated heterocycles. The Morgan fingerprint density at radius 1 is 1.12 bits per heavy atom. The van der Waals surface area contributed by atoms with Crippen molar-refractivity contribution in [3.8, 4) is 0 Å². The third-order valence-corrected chi connectivity index (χ3v) is 4.62. The molecular formula is C6H18NSi+. The smallest absolute Gasteiger partial charge is 0.353 e. The van der Waals surface area contributed by atoms with Crippen LogP contribution in [-0.4, -0.2) is 8.96 Å². The fourth-order valence-electron chi connectivity index (χ4n) is 0.770. The summed E-state index contributed by atoms with van der Waals surface area (Å²) >= 11 is 0. The van der Waals surface area contributed by atoms with Crippen molar-refractivity contribution in [3.05, 3.63) is 0 Å². The number of hydrogen-bond donors (Lipinski definition) is 1. The molecule has 8 heavy (non-hydrogen) atoms. The maximum absolute atomic E-state index is 5.90. The van der Waals surface area contributed by atoms with E-state index in [-0.39, 0.29) is 1.43 Å². The minimum Gasteiger partial charge on any atom is -0.353 e. The Bertz CT molecular complexity index is 58.1. The second-order valence-corrected chi connectivity index (χ2v) is 6.89. The van der Waals surface area contributed by atoms with E-state index in [0.717, 1.165) is 11.1 Å². The highest BCUT2D eigenvalue weighted by Crippen LogP contribution is 2.14. The zero-order valence-electron chi connectivity index (χ0n) is 7.31. The summed E-state index contributed by atoms with van der Waals surface area (Å²) in [5, 5.41) is 5.90. The lowest BCUT2D eigenvalue weighted by molar-refractivity contribution is 0.931. The summed E-state index contributed by atoms with van der Waals surface area (Å²) in [4.78, 5) is 0. The van der Waals surface area contributed by atoms with Crippen molar-refractivity contribution in [2.45, 2.75) is 38.8 Å². The van der Waals surface area contributed by atoms with Crippen molar-refractivity contribution >= 4 is 8.96 Å². The van der Waals surface area contributed by atoms with Crippen LogP contribution in [0.3, 0.4) is 0 Å². The van der Waals surface area contributed by atoms with Crippen molar-refractivity contribution in [2.24, 2.45) is 5.40 Å². The van der Waals surface area contributed by atoms with Crippen LogP contribution in [0.15, 0.2) is 0 Å². The van der Waals surface area contributed by atoms with Gasteiger partial charge in [0.15, 0.2) is 0 Å². The lowest BCUT2D eigenvalue weighted by Gasteiger charge is -2.16. The van der Waals surface area contributed by atoms with Gasteiger partial charge in [-0.25, -0.2) is 0 Å². The molecule has 0 fully saturated rings. The normalized spacial score (nSPS) is 12.0. The van der Waals surface area contributed by atoms with Gasteiger partial charge in [0, 0.05) is 0 Å². The Balaban J connectivity index is 0. The Labute approximate surface area is 55.4 Å². The van der Waals surface area contributed by atoms with E-state index >= 15 is 0 Å². The van der Waals surface area contributed by atoms with E-state index in [1.54, 1.807) is 0 Å². The summed E-state index contributed by atoms with van der Waals surface area (Å²) in [5.41, 5.74) is 1.52. The lowest BCUT2D eigenvalue weighted by Crippen LogP contribution is -2.32. The number of nitrogens with two attached hydrogens (primary N) is 1. The van der Waals surface area contributed by atoms with Gasteiger partial charge in [-0.1, -0.05) is 27.7 Å². The average molecular weight is 132 g/mol. The second kappa shape index (κ2) is 3.25. The summed E-state index contributed by atoms with van der Waals surface area (Å²) in [5.74, 6) is 0. The number of rotatable bonds is 2. The van der Waals surface area contributed by atoms with E-state index < -0.39 is 8.96 Å². The SMILES string of the molecule is CC(C)[SiH](N)C(C)C.[H+]. The molecular weight excluding hydrogens is 114 g/mol. The molecule has 0 rings (SSSR count). The Kier molecular flexibility index (Phi) is 3.32. The maximum Gasteiger partial charge on any atom is 1.00 e. The summed E-state index contributed by atoms with van der Waals surface area (Å²) < 4.78 is 0. The predicted octanol–water partition coefficient (Wildman–Crippen LogP) is 1.60. The molecule has 2 heteroatoms. The van der Waals surface area contributed by atoms with Gasteiger partial charge >= 0.3 is 1.43 Å². The minimum absolute atomic E-state index is 0. The molecule has 0 amide bonds. The first-order valence-corrected chi connectivity index (χ1v) is 5.31. The molecule has 0 unspecified atom stereocenters. The van der Waals surface area contributed by atoms with Crippen molar-refractivity contribution in [3.63, 3.8) is 0 Å². The molecule has 0 radical (unpaired) electrons. The van der Waals surface area contributed by atoms with Crippen molar-refractivity contribution in [2.75, 3.05) is 0 Å². The molecule has 50 valence electrons. The van der Waals surface area contributed by atoms with Crippen LogP contribution in [-0.2, 0) is 0 Å². The number of hydrogen-bond acceptors (Lipinski definition) is 1. The average Bonchev–Trinajstić information content (AvgIpc) is 1.64. The van der Waals surface area contributed by atoms with Gasteiger partial charge in [-0.15, -0.1) is 0 Å². The van der Waals surface area contributed by atoms with Gasteiger partial charge in [0.25, 0.3) is 0 Å². The van der Waals surface area contributed by atoms with E-state index in [1.165, 1.54) is 0 Å². The van der Waals surface area contributed by atoms with Crippen molar-refractivity contribution in [1.29, 1.82) is 0 Å². The van der Waals surface area contributed by atoms with Crippen LogP contribution in [0.4, 0.5) is 0 Å². The van der Waals surface area contributed by atoms with Gasteiger partial charge in [-0.2, -0.15) is 0 Å². The highest BCUT2D eigenvalue weighted by Gasteiger charge is 2.12. The second-order valence-electron chi connectivity index (χ2n) is 3.07. The zero-order valence-corrected chi connectivity index (χ0v) is 7.46. The molecule has 0 bridgehead atoms. The highest BCUT2D eigenvalue weighted by molar-refractivity contribution is 6.58. The van der Waals surface area contributed by atoms with E-state index in [1.807, 2.05) is 0 Å². The summed E-state index contributed by atoms with van der Waals surface area (Å²) in [6.07, 6.45) is 0. The first kappa shape index (κ1) is 8.18. The molecule has 0 heterocycles. The molecule has 1 nitrogen and oxygen atoms in total. The topological polar surface area (TPSA) is 26.0 Å². The minimum atomic E-state index is -0.849. The molecule has 2 N–H and O–H groups in total. The standard InChI is InChI=1S/C6H17NSi/c1-5(2)8(7)6(3)4/h5-6,8H,7H2,1-4H3/p+1. The van der Waals surface area contributed by atoms with Crippen LogP contribution in [0.1, 0.15) is 29.1 Å². The van der Waals surface area contributed by atoms with Crippen LogP contribution in [0.2, 0.25) is 11.1 Å². The van der Waals surface area contributed by atoms with E-state index in [0.29, 0.717) is 0 Å². The zero-order chi connectivity index (χ0) is 6.73. The fraction of sp³-hybridized carbons (Fsp3) is 1.00. The fourth-order valence-corrected chi connectivity index (χ4v) is 2.31. The molecule has 0 atom stereocenters.